The van der Waals surface area contributed by atoms with Gasteiger partial charge in [0.15, 0.2) is 0 Å². The van der Waals surface area contributed by atoms with Crippen LogP contribution in [0.15, 0.2) is 36.4 Å². The summed E-state index contributed by atoms with van der Waals surface area (Å²) in [6, 6.07) is 10.5. The van der Waals surface area contributed by atoms with Crippen LogP contribution in [0.1, 0.15) is 46.4 Å². The van der Waals surface area contributed by atoms with Crippen molar-refractivity contribution in [2.24, 2.45) is 0 Å². The molecule has 5 nitrogen and oxygen atoms in total. The van der Waals surface area contributed by atoms with Gasteiger partial charge in [-0.05, 0) is 49.6 Å². The normalized spacial score (nSPS) is 12.5. The summed E-state index contributed by atoms with van der Waals surface area (Å²) in [5.41, 5.74) is 3.97. The minimum Gasteiger partial charge on any atom is -0.345 e. The van der Waals surface area contributed by atoms with Gasteiger partial charge in [0.1, 0.15) is 0 Å². The average molecular weight is 395 g/mol. The number of benzene rings is 2. The molecular weight excluding hydrogens is 372 g/mol. The van der Waals surface area contributed by atoms with Crippen LogP contribution in [0.5, 0.6) is 0 Å². The van der Waals surface area contributed by atoms with Gasteiger partial charge >= 0.3 is 0 Å². The highest BCUT2D eigenvalue weighted by Gasteiger charge is 2.18. The third-order valence-electron chi connectivity index (χ3n) is 4.03. The lowest BCUT2D eigenvalue weighted by atomic mass is 9.97. The summed E-state index contributed by atoms with van der Waals surface area (Å²) < 4.78 is 24.9. The van der Waals surface area contributed by atoms with Crippen LogP contribution in [-0.2, 0) is 10.0 Å². The van der Waals surface area contributed by atoms with Gasteiger partial charge < -0.3 is 5.32 Å². The fourth-order valence-electron chi connectivity index (χ4n) is 2.83. The third kappa shape index (κ3) is 5.22. The van der Waals surface area contributed by atoms with Crippen molar-refractivity contribution in [1.82, 2.24) is 5.32 Å². The number of hydrogen-bond donors (Lipinski definition) is 2. The van der Waals surface area contributed by atoms with E-state index in [2.05, 4.69) is 16.1 Å². The highest BCUT2D eigenvalue weighted by molar-refractivity contribution is 7.92. The molecule has 1 amide bonds. The average Bonchev–Trinajstić information content (AvgIpc) is 2.51. The second-order valence-electron chi connectivity index (χ2n) is 6.36. The summed E-state index contributed by atoms with van der Waals surface area (Å²) in [7, 11) is -3.40. The summed E-state index contributed by atoms with van der Waals surface area (Å²) in [6.45, 7) is 6.06. The molecule has 0 saturated carbocycles. The number of nitrogens with one attached hydrogen (secondary N) is 2. The molecule has 26 heavy (non-hydrogen) atoms. The van der Waals surface area contributed by atoms with Gasteiger partial charge in [0.2, 0.25) is 10.0 Å². The molecule has 2 aromatic carbocycles. The zero-order valence-corrected chi connectivity index (χ0v) is 16.8. The molecule has 7 heteroatoms. The van der Waals surface area contributed by atoms with Crippen LogP contribution < -0.4 is 10.0 Å². The van der Waals surface area contributed by atoms with Crippen LogP contribution in [0.2, 0.25) is 5.02 Å². The zero-order chi connectivity index (χ0) is 19.5. The smallest absolute Gasteiger partial charge is 0.253 e. The molecule has 0 unspecified atom stereocenters. The van der Waals surface area contributed by atoms with E-state index in [0.717, 1.165) is 23.8 Å². The molecule has 1 atom stereocenters. The molecule has 2 N–H and O–H groups in total. The van der Waals surface area contributed by atoms with E-state index in [-0.39, 0.29) is 17.0 Å². The summed E-state index contributed by atoms with van der Waals surface area (Å²) in [6.07, 6.45) is 1.79. The lowest BCUT2D eigenvalue weighted by molar-refractivity contribution is 0.0935. The molecule has 140 valence electrons. The molecular formula is C19H23ClN2O3S. The lowest BCUT2D eigenvalue weighted by Gasteiger charge is -2.20. The Kier molecular flexibility index (Phi) is 6.31. The van der Waals surface area contributed by atoms with Gasteiger partial charge in [-0.15, -0.1) is 0 Å². The van der Waals surface area contributed by atoms with Crippen molar-refractivity contribution < 1.29 is 13.2 Å². The first-order valence-electron chi connectivity index (χ1n) is 8.26. The maximum atomic E-state index is 12.6. The van der Waals surface area contributed by atoms with Crippen LogP contribution in [-0.4, -0.2) is 20.6 Å². The fraction of sp³-hybridized carbons (Fsp3) is 0.316. The van der Waals surface area contributed by atoms with Gasteiger partial charge in [0.05, 0.1) is 22.9 Å². The number of carbonyl (C=O) groups excluding carboxylic acids is 1. The number of carbonyl (C=O) groups is 1. The monoisotopic (exact) mass is 394 g/mol. The molecule has 2 aromatic rings. The van der Waals surface area contributed by atoms with Crippen LogP contribution in [0.25, 0.3) is 0 Å². The first-order valence-corrected chi connectivity index (χ1v) is 10.5. The van der Waals surface area contributed by atoms with Gasteiger partial charge in [-0.3, -0.25) is 9.52 Å². The second kappa shape index (κ2) is 8.10. The molecule has 0 fully saturated rings. The number of amides is 1. The SMILES string of the molecule is CC[C@@H](NC(=O)c1ccc(NS(C)(=O)=O)cc1Cl)c1ccc(C)cc1C. The van der Waals surface area contributed by atoms with Gasteiger partial charge in [-0.2, -0.15) is 0 Å². The summed E-state index contributed by atoms with van der Waals surface area (Å²) in [5, 5.41) is 3.19. The summed E-state index contributed by atoms with van der Waals surface area (Å²) in [5.74, 6) is -0.298. The van der Waals surface area contributed by atoms with Crippen molar-refractivity contribution in [2.75, 3.05) is 11.0 Å². The number of aryl methyl sites for hydroxylation is 2. The van der Waals surface area contributed by atoms with Crippen molar-refractivity contribution in [2.45, 2.75) is 33.2 Å². The Morgan fingerprint density at radius 1 is 1.15 bits per heavy atom. The standard InChI is InChI=1S/C19H23ClN2O3S/c1-5-18(15-8-6-12(2)10-13(15)3)21-19(23)16-9-7-14(11-17(16)20)22-26(4,24)25/h6-11,18,22H,5H2,1-4H3,(H,21,23)/t18-/m1/s1. The lowest BCUT2D eigenvalue weighted by Crippen LogP contribution is -2.29. The van der Waals surface area contributed by atoms with Gasteiger partial charge in [-0.1, -0.05) is 42.3 Å². The van der Waals surface area contributed by atoms with E-state index in [1.807, 2.05) is 32.9 Å². The quantitative estimate of drug-likeness (QED) is 0.770. The minimum absolute atomic E-state index is 0.131. The molecule has 0 bridgehead atoms. The van der Waals surface area contributed by atoms with Gasteiger partial charge in [-0.25, -0.2) is 8.42 Å². The Morgan fingerprint density at radius 3 is 2.38 bits per heavy atom. The Labute approximate surface area is 159 Å². The fourth-order valence-corrected chi connectivity index (χ4v) is 3.65. The molecule has 0 aromatic heterocycles. The number of hydrogen-bond acceptors (Lipinski definition) is 3. The molecule has 0 aliphatic heterocycles. The van der Waals surface area contributed by atoms with E-state index in [1.54, 1.807) is 0 Å². The van der Waals surface area contributed by atoms with Crippen LogP contribution in [0.3, 0.4) is 0 Å². The second-order valence-corrected chi connectivity index (χ2v) is 8.52. The van der Waals surface area contributed by atoms with Crippen molar-refractivity contribution in [3.05, 3.63) is 63.7 Å². The molecule has 2 rings (SSSR count). The van der Waals surface area contributed by atoms with Crippen LogP contribution >= 0.6 is 11.6 Å². The first-order chi connectivity index (χ1) is 12.1. The van der Waals surface area contributed by atoms with Crippen molar-refractivity contribution in [1.29, 1.82) is 0 Å². The van der Waals surface area contributed by atoms with Crippen LogP contribution in [0, 0.1) is 13.8 Å². The molecule has 0 saturated heterocycles. The Balaban J connectivity index is 2.22. The highest BCUT2D eigenvalue weighted by Crippen LogP contribution is 2.25. The third-order valence-corrected chi connectivity index (χ3v) is 4.95. The predicted molar refractivity (Wildman–Crippen MR) is 106 cm³/mol. The number of halogens is 1. The molecule has 0 heterocycles. The maximum absolute atomic E-state index is 12.6. The molecule has 0 radical (unpaired) electrons. The topological polar surface area (TPSA) is 75.3 Å². The summed E-state index contributed by atoms with van der Waals surface area (Å²) in [4.78, 5) is 12.6. The number of sulfonamides is 1. The highest BCUT2D eigenvalue weighted by atomic mass is 35.5. The minimum atomic E-state index is -3.40. The largest absolute Gasteiger partial charge is 0.345 e. The maximum Gasteiger partial charge on any atom is 0.253 e. The first kappa shape index (κ1) is 20.3. The van der Waals surface area contributed by atoms with E-state index in [0.29, 0.717) is 11.3 Å². The van der Waals surface area contributed by atoms with Crippen molar-refractivity contribution in [3.8, 4) is 0 Å². The van der Waals surface area contributed by atoms with E-state index in [9.17, 15) is 13.2 Å². The molecule has 0 aliphatic rings. The number of anilines is 1. The Morgan fingerprint density at radius 2 is 1.85 bits per heavy atom. The molecule has 0 aliphatic carbocycles. The van der Waals surface area contributed by atoms with E-state index in [4.69, 9.17) is 11.6 Å². The Bertz CT molecular complexity index is 926. The Hall–Kier alpha value is -2.05. The predicted octanol–water partition coefficient (Wildman–Crippen LogP) is 4.21. The zero-order valence-electron chi connectivity index (χ0n) is 15.3. The van der Waals surface area contributed by atoms with Gasteiger partial charge in [0.25, 0.3) is 5.91 Å². The van der Waals surface area contributed by atoms with E-state index < -0.39 is 10.0 Å². The van der Waals surface area contributed by atoms with Crippen molar-refractivity contribution >= 4 is 33.2 Å². The number of rotatable bonds is 6. The van der Waals surface area contributed by atoms with E-state index >= 15 is 0 Å². The molecule has 0 spiro atoms. The summed E-state index contributed by atoms with van der Waals surface area (Å²) >= 11 is 6.18. The van der Waals surface area contributed by atoms with Crippen LogP contribution in [0.4, 0.5) is 5.69 Å². The van der Waals surface area contributed by atoms with Crippen molar-refractivity contribution in [3.63, 3.8) is 0 Å². The van der Waals surface area contributed by atoms with Gasteiger partial charge in [0, 0.05) is 5.69 Å². The van der Waals surface area contributed by atoms with E-state index in [1.165, 1.54) is 23.8 Å².